The van der Waals surface area contributed by atoms with Gasteiger partial charge in [-0.1, -0.05) is 0 Å². The fourth-order valence-electron chi connectivity index (χ4n) is 0.918. The van der Waals surface area contributed by atoms with Crippen LogP contribution in [-0.4, -0.2) is 38.3 Å². The van der Waals surface area contributed by atoms with Crippen molar-refractivity contribution >= 4 is 18.6 Å². The monoisotopic (exact) mass is 197 g/mol. The van der Waals surface area contributed by atoms with Crippen molar-refractivity contribution < 1.29 is 25.1 Å². The zero-order valence-electron chi connectivity index (χ0n) is 7.08. The van der Waals surface area contributed by atoms with Crippen LogP contribution in [0.3, 0.4) is 0 Å². The first kappa shape index (κ1) is 10.5. The van der Waals surface area contributed by atoms with Crippen LogP contribution in [-0.2, 0) is 11.2 Å². The highest BCUT2D eigenvalue weighted by Gasteiger charge is 2.15. The first-order valence-electron chi connectivity index (χ1n) is 3.76. The Hall–Kier alpha value is -1.60. The van der Waals surface area contributed by atoms with Crippen molar-refractivity contribution in [3.05, 3.63) is 18.0 Å². The van der Waals surface area contributed by atoms with E-state index < -0.39 is 19.5 Å². The molecule has 6 nitrogen and oxygen atoms in total. The van der Waals surface area contributed by atoms with Crippen molar-refractivity contribution in [3.8, 4) is 5.75 Å². The predicted molar refractivity (Wildman–Crippen MR) is 47.1 cm³/mol. The van der Waals surface area contributed by atoms with Gasteiger partial charge in [-0.25, -0.2) is 0 Å². The van der Waals surface area contributed by atoms with Gasteiger partial charge in [-0.2, -0.15) is 0 Å². The highest BCUT2D eigenvalue weighted by molar-refractivity contribution is 6.58. The van der Waals surface area contributed by atoms with Crippen LogP contribution in [0.1, 0.15) is 5.69 Å². The molecule has 14 heavy (non-hydrogen) atoms. The van der Waals surface area contributed by atoms with Gasteiger partial charge < -0.3 is 20.3 Å². The summed E-state index contributed by atoms with van der Waals surface area (Å²) in [6.45, 7) is 0. The van der Waals surface area contributed by atoms with E-state index in [2.05, 4.69) is 4.98 Å². The van der Waals surface area contributed by atoms with Crippen LogP contribution in [0.5, 0.6) is 5.75 Å². The van der Waals surface area contributed by atoms with E-state index in [9.17, 15) is 9.90 Å². The molecule has 0 aliphatic heterocycles. The Labute approximate surface area is 79.6 Å². The van der Waals surface area contributed by atoms with Gasteiger partial charge in [-0.15, -0.1) is 0 Å². The zero-order chi connectivity index (χ0) is 10.7. The third-order valence-electron chi connectivity index (χ3n) is 1.59. The fraction of sp³-hybridized carbons (Fsp3) is 0.143. The van der Waals surface area contributed by atoms with Gasteiger partial charge in [0.1, 0.15) is 5.75 Å². The average molecular weight is 197 g/mol. The molecule has 7 heteroatoms. The minimum atomic E-state index is -1.73. The molecule has 0 amide bonds. The van der Waals surface area contributed by atoms with Crippen LogP contribution >= 0.6 is 0 Å². The first-order valence-corrected chi connectivity index (χ1v) is 3.76. The summed E-state index contributed by atoms with van der Waals surface area (Å²) in [5.41, 5.74) is -0.00135. The Bertz CT molecular complexity index is 354. The van der Waals surface area contributed by atoms with E-state index in [4.69, 9.17) is 15.2 Å². The molecule has 0 atom stereocenters. The van der Waals surface area contributed by atoms with E-state index in [1.165, 1.54) is 0 Å². The van der Waals surface area contributed by atoms with E-state index in [1.54, 1.807) is 0 Å². The third kappa shape index (κ3) is 2.44. The molecule has 0 radical (unpaired) electrons. The number of pyridine rings is 1. The number of carboxylic acid groups (broad SMARTS) is 1. The van der Waals surface area contributed by atoms with Crippen molar-refractivity contribution in [2.75, 3.05) is 0 Å². The maximum atomic E-state index is 10.3. The minimum Gasteiger partial charge on any atom is -0.506 e. The molecule has 1 aromatic heterocycles. The number of aromatic hydroxyl groups is 1. The zero-order valence-corrected chi connectivity index (χ0v) is 7.08. The van der Waals surface area contributed by atoms with Gasteiger partial charge in [-0.05, 0) is 6.07 Å². The number of hydrogen-bond acceptors (Lipinski definition) is 5. The van der Waals surface area contributed by atoms with Crippen molar-refractivity contribution in [3.63, 3.8) is 0 Å². The van der Waals surface area contributed by atoms with Gasteiger partial charge in [0.2, 0.25) is 0 Å². The van der Waals surface area contributed by atoms with E-state index in [1.807, 2.05) is 0 Å². The standard InChI is InChI=1S/C7H8BNO5/c10-6-1-4(8(13)14)3-9-5(6)2-7(11)12/h1,3,10,13-14H,2H2,(H,11,12). The summed E-state index contributed by atoms with van der Waals surface area (Å²) in [7, 11) is -1.73. The topological polar surface area (TPSA) is 111 Å². The Morgan fingerprint density at radius 3 is 2.57 bits per heavy atom. The molecule has 0 spiro atoms. The molecule has 0 saturated carbocycles. The summed E-state index contributed by atoms with van der Waals surface area (Å²) >= 11 is 0. The van der Waals surface area contributed by atoms with E-state index >= 15 is 0 Å². The molecular weight excluding hydrogens is 189 g/mol. The van der Waals surface area contributed by atoms with Crippen molar-refractivity contribution in [2.24, 2.45) is 0 Å². The molecule has 1 rings (SSSR count). The average Bonchev–Trinajstić information content (AvgIpc) is 2.07. The van der Waals surface area contributed by atoms with Gasteiger partial charge in [0.05, 0.1) is 12.1 Å². The molecule has 4 N–H and O–H groups in total. The molecule has 0 aliphatic carbocycles. The number of nitrogens with zero attached hydrogens (tertiary/aromatic N) is 1. The molecular formula is C7H8BNO5. The highest BCUT2D eigenvalue weighted by Crippen LogP contribution is 2.11. The summed E-state index contributed by atoms with van der Waals surface area (Å²) in [5, 5.41) is 35.1. The fourth-order valence-corrected chi connectivity index (χ4v) is 0.918. The van der Waals surface area contributed by atoms with Crippen LogP contribution in [0.4, 0.5) is 0 Å². The van der Waals surface area contributed by atoms with Crippen LogP contribution in [0.2, 0.25) is 0 Å². The van der Waals surface area contributed by atoms with Gasteiger partial charge in [0, 0.05) is 11.7 Å². The minimum absolute atomic E-state index is 0.0108. The van der Waals surface area contributed by atoms with Crippen molar-refractivity contribution in [1.29, 1.82) is 0 Å². The van der Waals surface area contributed by atoms with E-state index in [0.29, 0.717) is 0 Å². The molecule has 1 aromatic rings. The number of carboxylic acids is 1. The van der Waals surface area contributed by atoms with Crippen molar-refractivity contribution in [1.82, 2.24) is 4.98 Å². The Kier molecular flexibility index (Phi) is 3.05. The SMILES string of the molecule is O=C(O)Cc1ncc(B(O)O)cc1O. The second-order valence-corrected chi connectivity index (χ2v) is 2.68. The molecule has 0 unspecified atom stereocenters. The molecule has 74 valence electrons. The number of aliphatic carboxylic acids is 1. The number of rotatable bonds is 3. The lowest BCUT2D eigenvalue weighted by atomic mass is 9.81. The molecule has 0 aromatic carbocycles. The smallest absolute Gasteiger partial charge is 0.490 e. The van der Waals surface area contributed by atoms with Crippen LogP contribution in [0, 0.1) is 0 Å². The lowest BCUT2D eigenvalue weighted by Gasteiger charge is -2.03. The number of carbonyl (C=O) groups is 1. The maximum absolute atomic E-state index is 10.3. The number of hydrogen-bond donors (Lipinski definition) is 4. The van der Waals surface area contributed by atoms with Crippen LogP contribution in [0.25, 0.3) is 0 Å². The maximum Gasteiger partial charge on any atom is 0.490 e. The lowest BCUT2D eigenvalue weighted by molar-refractivity contribution is -0.136. The Morgan fingerprint density at radius 1 is 1.50 bits per heavy atom. The Balaban J connectivity index is 2.95. The molecule has 1 heterocycles. The quantitative estimate of drug-likeness (QED) is 0.421. The van der Waals surface area contributed by atoms with Gasteiger partial charge in [0.15, 0.2) is 0 Å². The normalized spacial score (nSPS) is 9.86. The third-order valence-corrected chi connectivity index (χ3v) is 1.59. The summed E-state index contributed by atoms with van der Waals surface area (Å²) in [6.07, 6.45) is 0.691. The summed E-state index contributed by atoms with van der Waals surface area (Å²) < 4.78 is 0. The van der Waals surface area contributed by atoms with Gasteiger partial charge in [-0.3, -0.25) is 9.78 Å². The van der Waals surface area contributed by atoms with Crippen LogP contribution in [0.15, 0.2) is 12.3 Å². The second kappa shape index (κ2) is 4.08. The summed E-state index contributed by atoms with van der Waals surface area (Å²) in [6, 6.07) is 1.07. The molecule has 0 fully saturated rings. The van der Waals surface area contributed by atoms with E-state index in [-0.39, 0.29) is 16.9 Å². The van der Waals surface area contributed by atoms with Crippen molar-refractivity contribution in [2.45, 2.75) is 6.42 Å². The van der Waals surface area contributed by atoms with Gasteiger partial charge >= 0.3 is 13.1 Å². The summed E-state index contributed by atoms with van der Waals surface area (Å²) in [5.74, 6) is -1.48. The molecule has 0 aliphatic rings. The van der Waals surface area contributed by atoms with Crippen LogP contribution < -0.4 is 5.46 Å². The first-order chi connectivity index (χ1) is 6.50. The van der Waals surface area contributed by atoms with E-state index in [0.717, 1.165) is 12.3 Å². The second-order valence-electron chi connectivity index (χ2n) is 2.68. The predicted octanol–water partition coefficient (Wildman–Crippen LogP) is -1.91. The highest BCUT2D eigenvalue weighted by atomic mass is 16.4. The molecule has 0 bridgehead atoms. The molecule has 0 saturated heterocycles. The summed E-state index contributed by atoms with van der Waals surface area (Å²) in [4.78, 5) is 13.9. The lowest BCUT2D eigenvalue weighted by Crippen LogP contribution is -2.30. The number of aromatic nitrogens is 1. The largest absolute Gasteiger partial charge is 0.506 e. The van der Waals surface area contributed by atoms with Gasteiger partial charge in [0.25, 0.3) is 0 Å². The Morgan fingerprint density at radius 2 is 2.14 bits per heavy atom.